The second kappa shape index (κ2) is 8.56. The molecule has 2 heterocycles. The van der Waals surface area contributed by atoms with Gasteiger partial charge in [0.2, 0.25) is 0 Å². The first-order chi connectivity index (χ1) is 13.0. The third-order valence-corrected chi connectivity index (χ3v) is 5.66. The molecule has 0 aliphatic carbocycles. The summed E-state index contributed by atoms with van der Waals surface area (Å²) in [5, 5.41) is 12.8. The summed E-state index contributed by atoms with van der Waals surface area (Å²) in [5.74, 6) is -1.59. The third-order valence-electron chi connectivity index (χ3n) is 3.49. The van der Waals surface area contributed by atoms with E-state index in [1.54, 1.807) is 37.3 Å². The number of carbonyl (C=O) groups is 2. The predicted molar refractivity (Wildman–Crippen MR) is 109 cm³/mol. The van der Waals surface area contributed by atoms with E-state index in [0.717, 1.165) is 16.6 Å². The molecule has 1 aromatic heterocycles. The average Bonchev–Trinajstić information content (AvgIpc) is 3.24. The van der Waals surface area contributed by atoms with E-state index in [1.807, 2.05) is 17.5 Å². The highest BCUT2D eigenvalue weighted by molar-refractivity contribution is 8.18. The molecule has 27 heavy (non-hydrogen) atoms. The van der Waals surface area contributed by atoms with Crippen LogP contribution in [-0.4, -0.2) is 28.6 Å². The number of halogens is 1. The maximum absolute atomic E-state index is 12.5. The number of amides is 1. The Balaban J connectivity index is 2.02. The van der Waals surface area contributed by atoms with Crippen LogP contribution < -0.4 is 0 Å². The molecule has 8 heteroatoms. The molecule has 0 unspecified atom stereocenters. The number of ether oxygens (including phenoxy) is 1. The number of thiophene rings is 1. The van der Waals surface area contributed by atoms with Gasteiger partial charge in [0.25, 0.3) is 5.91 Å². The molecule has 1 amide bonds. The molecule has 0 spiro atoms. The van der Waals surface area contributed by atoms with Gasteiger partial charge in [-0.15, -0.1) is 11.3 Å². The van der Waals surface area contributed by atoms with E-state index in [9.17, 15) is 14.7 Å². The van der Waals surface area contributed by atoms with Gasteiger partial charge in [-0.3, -0.25) is 4.79 Å². The summed E-state index contributed by atoms with van der Waals surface area (Å²) in [6, 6.07) is 10.2. The summed E-state index contributed by atoms with van der Waals surface area (Å²) in [6.45, 7) is 1.79. The minimum Gasteiger partial charge on any atom is -0.506 e. The lowest BCUT2D eigenvalue weighted by molar-refractivity contribution is -0.138. The van der Waals surface area contributed by atoms with Crippen LogP contribution in [0.25, 0.3) is 6.08 Å². The molecule has 5 nitrogen and oxygen atoms in total. The Hall–Kier alpha value is -2.35. The lowest BCUT2D eigenvalue weighted by Gasteiger charge is -2.04. The Morgan fingerprint density at radius 2 is 2.04 bits per heavy atom. The smallest absolute Gasteiger partial charge is 0.344 e. The number of nitrogens with zero attached hydrogens (tertiary/aromatic N) is 1. The van der Waals surface area contributed by atoms with E-state index in [1.165, 1.54) is 11.3 Å². The molecule has 0 fully saturated rings. The Bertz CT molecular complexity index is 977. The third kappa shape index (κ3) is 4.32. The van der Waals surface area contributed by atoms with Crippen molar-refractivity contribution < 1.29 is 19.4 Å². The van der Waals surface area contributed by atoms with Crippen LogP contribution in [0.3, 0.4) is 0 Å². The first-order valence-corrected chi connectivity index (χ1v) is 10.0. The van der Waals surface area contributed by atoms with Crippen molar-refractivity contribution in [3.63, 3.8) is 0 Å². The lowest BCUT2D eigenvalue weighted by Crippen LogP contribution is -2.14. The van der Waals surface area contributed by atoms with Crippen LogP contribution >= 0.6 is 34.7 Å². The van der Waals surface area contributed by atoms with Crippen molar-refractivity contribution in [1.29, 1.82) is 0 Å². The van der Waals surface area contributed by atoms with Crippen molar-refractivity contribution >= 4 is 57.7 Å². The van der Waals surface area contributed by atoms with Crippen molar-refractivity contribution in [3.8, 4) is 0 Å². The molecule has 0 saturated carbocycles. The van der Waals surface area contributed by atoms with Crippen LogP contribution in [0.1, 0.15) is 22.2 Å². The Kier molecular flexibility index (Phi) is 6.15. The molecule has 0 atom stereocenters. The number of rotatable bonds is 4. The van der Waals surface area contributed by atoms with Gasteiger partial charge >= 0.3 is 5.97 Å². The molecule has 138 valence electrons. The van der Waals surface area contributed by atoms with Crippen molar-refractivity contribution in [1.82, 2.24) is 0 Å². The van der Waals surface area contributed by atoms with Gasteiger partial charge in [0, 0.05) is 4.88 Å². The van der Waals surface area contributed by atoms with Gasteiger partial charge < -0.3 is 9.84 Å². The van der Waals surface area contributed by atoms with Crippen LogP contribution in [0.2, 0.25) is 5.02 Å². The molecule has 0 radical (unpaired) electrons. The topological polar surface area (TPSA) is 76.0 Å². The Morgan fingerprint density at radius 3 is 2.70 bits per heavy atom. The number of aliphatic hydroxyl groups excluding tert-OH is 1. The highest BCUT2D eigenvalue weighted by Gasteiger charge is 2.34. The Labute approximate surface area is 169 Å². The number of hydrogen-bond acceptors (Lipinski definition) is 6. The minimum absolute atomic E-state index is 0.0821. The van der Waals surface area contributed by atoms with Gasteiger partial charge in [0.1, 0.15) is 16.4 Å². The van der Waals surface area contributed by atoms with Gasteiger partial charge in [-0.05, 0) is 36.6 Å². The molecule has 0 saturated heterocycles. The number of hydrogen-bond donors (Lipinski definition) is 1. The van der Waals surface area contributed by atoms with Crippen LogP contribution in [0.4, 0.5) is 0 Å². The predicted octanol–water partition coefficient (Wildman–Crippen LogP) is 5.10. The van der Waals surface area contributed by atoms with E-state index in [2.05, 4.69) is 4.99 Å². The molecule has 1 aliphatic rings. The van der Waals surface area contributed by atoms with Gasteiger partial charge in [0.15, 0.2) is 0 Å². The van der Waals surface area contributed by atoms with E-state index in [4.69, 9.17) is 16.3 Å². The SMILES string of the molecule is CCOC(=O)C1=C(O)/C(=C/c2cccs2)SC1=NC(=O)c1ccccc1Cl. The first-order valence-electron chi connectivity index (χ1n) is 7.93. The molecular weight excluding hydrogens is 406 g/mol. The fourth-order valence-corrected chi connectivity index (χ4v) is 4.23. The largest absolute Gasteiger partial charge is 0.506 e. The number of benzene rings is 1. The summed E-state index contributed by atoms with van der Waals surface area (Å²) >= 11 is 8.56. The van der Waals surface area contributed by atoms with E-state index in [-0.39, 0.29) is 33.6 Å². The van der Waals surface area contributed by atoms with E-state index in [0.29, 0.717) is 4.91 Å². The van der Waals surface area contributed by atoms with Crippen LogP contribution in [0.15, 0.2) is 63.0 Å². The molecule has 1 aromatic carbocycles. The fourth-order valence-electron chi connectivity index (χ4n) is 2.28. The van der Waals surface area contributed by atoms with E-state index >= 15 is 0 Å². The van der Waals surface area contributed by atoms with Crippen LogP contribution in [0.5, 0.6) is 0 Å². The van der Waals surface area contributed by atoms with Gasteiger partial charge in [0.05, 0.1) is 22.1 Å². The second-order valence-electron chi connectivity index (χ2n) is 5.27. The second-order valence-corrected chi connectivity index (χ2v) is 7.69. The number of thioether (sulfide) groups is 1. The van der Waals surface area contributed by atoms with Crippen LogP contribution in [-0.2, 0) is 9.53 Å². The van der Waals surface area contributed by atoms with E-state index < -0.39 is 11.9 Å². The molecule has 3 rings (SSSR count). The molecule has 0 bridgehead atoms. The van der Waals surface area contributed by atoms with Gasteiger partial charge in [-0.2, -0.15) is 0 Å². The maximum atomic E-state index is 12.5. The van der Waals surface area contributed by atoms with Crippen molar-refractivity contribution in [2.75, 3.05) is 6.61 Å². The number of aliphatic imine (C=N–C) groups is 1. The highest BCUT2D eigenvalue weighted by Crippen LogP contribution is 2.39. The number of carbonyl (C=O) groups excluding carboxylic acids is 2. The summed E-state index contributed by atoms with van der Waals surface area (Å²) in [7, 11) is 0. The summed E-state index contributed by atoms with van der Waals surface area (Å²) < 4.78 is 5.01. The summed E-state index contributed by atoms with van der Waals surface area (Å²) in [5.41, 5.74) is 0.0933. The monoisotopic (exact) mass is 419 g/mol. The number of aliphatic hydroxyl groups is 1. The summed E-state index contributed by atoms with van der Waals surface area (Å²) in [6.07, 6.45) is 1.73. The maximum Gasteiger partial charge on any atom is 0.344 e. The fraction of sp³-hybridized carbons (Fsp3) is 0.105. The normalized spacial score (nSPS) is 17.0. The number of esters is 1. The standard InChI is InChI=1S/C19H14ClNO4S2/c1-2-25-19(24)15-16(22)14(10-11-6-5-9-26-11)27-18(15)21-17(23)12-7-3-4-8-13(12)20/h3-10,22H,2H2,1H3/b14-10-,21-18?. The quantitative estimate of drug-likeness (QED) is 0.697. The summed E-state index contributed by atoms with van der Waals surface area (Å²) in [4.78, 5) is 30.2. The van der Waals surface area contributed by atoms with Crippen molar-refractivity contribution in [3.05, 3.63) is 73.5 Å². The van der Waals surface area contributed by atoms with Crippen molar-refractivity contribution in [2.45, 2.75) is 6.92 Å². The molecular formula is C19H14ClNO4S2. The Morgan fingerprint density at radius 1 is 1.26 bits per heavy atom. The minimum atomic E-state index is -0.734. The lowest BCUT2D eigenvalue weighted by atomic mass is 10.2. The van der Waals surface area contributed by atoms with Crippen molar-refractivity contribution in [2.24, 2.45) is 4.99 Å². The zero-order valence-corrected chi connectivity index (χ0v) is 16.5. The highest BCUT2D eigenvalue weighted by atomic mass is 35.5. The molecule has 1 N–H and O–H groups in total. The zero-order valence-electron chi connectivity index (χ0n) is 14.1. The molecule has 1 aliphatic heterocycles. The van der Waals surface area contributed by atoms with Crippen LogP contribution in [0, 0.1) is 0 Å². The average molecular weight is 420 g/mol. The van der Waals surface area contributed by atoms with Gasteiger partial charge in [-0.1, -0.05) is 41.6 Å². The molecule has 2 aromatic rings. The van der Waals surface area contributed by atoms with Gasteiger partial charge in [-0.25, -0.2) is 9.79 Å². The first kappa shape index (κ1) is 19.4. The zero-order chi connectivity index (χ0) is 19.4.